The lowest BCUT2D eigenvalue weighted by Crippen LogP contribution is -2.25. The number of benzene rings is 1. The van der Waals surface area contributed by atoms with Crippen LogP contribution in [0.1, 0.15) is 12.0 Å². The molecule has 8 heteroatoms. The molecule has 0 aromatic heterocycles. The second kappa shape index (κ2) is 5.49. The lowest BCUT2D eigenvalue weighted by Gasteiger charge is -2.08. The number of alkyl halides is 3. The zero-order valence-electron chi connectivity index (χ0n) is 10.3. The third kappa shape index (κ3) is 3.27. The van der Waals surface area contributed by atoms with Gasteiger partial charge in [0.05, 0.1) is 5.56 Å². The number of nitrogens with one attached hydrogen (secondary N) is 1. The van der Waals surface area contributed by atoms with Gasteiger partial charge < -0.3 is 15.9 Å². The summed E-state index contributed by atoms with van der Waals surface area (Å²) in [5.74, 6) is -0.513. The Hall–Kier alpha value is -2.09. The van der Waals surface area contributed by atoms with Crippen LogP contribution in [0.15, 0.2) is 29.4 Å². The topological polar surface area (TPSA) is 76.7 Å². The molecule has 1 amide bonds. The number of carbonyl (C=O) groups is 1. The van der Waals surface area contributed by atoms with Crippen molar-refractivity contribution in [2.45, 2.75) is 18.7 Å². The van der Waals surface area contributed by atoms with Crippen LogP contribution < -0.4 is 11.1 Å². The summed E-state index contributed by atoms with van der Waals surface area (Å²) in [6.07, 6.45) is -4.45. The maximum absolute atomic E-state index is 12.4. The van der Waals surface area contributed by atoms with Gasteiger partial charge in [-0.25, -0.2) is 0 Å². The molecular weight excluding hydrogens is 275 g/mol. The minimum Gasteiger partial charge on any atom is -0.390 e. The minimum absolute atomic E-state index is 0.167. The number of nitrogens with two attached hydrogens (primary N) is 1. The van der Waals surface area contributed by atoms with Crippen LogP contribution in [-0.2, 0) is 15.8 Å². The van der Waals surface area contributed by atoms with Crippen LogP contribution in [0.25, 0.3) is 0 Å². The molecule has 0 radical (unpaired) electrons. The van der Waals surface area contributed by atoms with E-state index in [0.717, 1.165) is 12.1 Å². The average Bonchev–Trinajstić information content (AvgIpc) is 2.87. The summed E-state index contributed by atoms with van der Waals surface area (Å²) in [5.41, 5.74) is 5.01. The van der Waals surface area contributed by atoms with Crippen LogP contribution in [0, 0.1) is 0 Å². The Morgan fingerprint density at radius 1 is 1.40 bits per heavy atom. The summed E-state index contributed by atoms with van der Waals surface area (Å²) in [7, 11) is 0. The van der Waals surface area contributed by atoms with Crippen LogP contribution in [0.2, 0.25) is 0 Å². The van der Waals surface area contributed by atoms with Gasteiger partial charge in [0.2, 0.25) is 0 Å². The highest BCUT2D eigenvalue weighted by Gasteiger charge is 2.30. The lowest BCUT2D eigenvalue weighted by molar-refractivity contribution is -0.137. The zero-order chi connectivity index (χ0) is 14.8. The molecule has 1 heterocycles. The van der Waals surface area contributed by atoms with Crippen molar-refractivity contribution in [3.63, 3.8) is 0 Å². The summed E-state index contributed by atoms with van der Waals surface area (Å²) in [6, 6.07) is 4.14. The molecule has 0 saturated carbocycles. The summed E-state index contributed by atoms with van der Waals surface area (Å²) in [4.78, 5) is 16.7. The Labute approximate surface area is 112 Å². The maximum atomic E-state index is 12.4. The third-order valence-corrected chi connectivity index (χ3v) is 2.73. The van der Waals surface area contributed by atoms with Gasteiger partial charge in [-0.3, -0.25) is 4.79 Å². The largest absolute Gasteiger partial charge is 0.416 e. The number of halogens is 3. The fourth-order valence-electron chi connectivity index (χ4n) is 1.63. The second-order valence-corrected chi connectivity index (χ2v) is 4.23. The third-order valence-electron chi connectivity index (χ3n) is 2.73. The van der Waals surface area contributed by atoms with E-state index in [1.54, 1.807) is 0 Å². The highest BCUT2D eigenvalue weighted by molar-refractivity contribution is 6.43. The van der Waals surface area contributed by atoms with E-state index in [1.807, 2.05) is 0 Å². The second-order valence-electron chi connectivity index (χ2n) is 4.23. The quantitative estimate of drug-likeness (QED) is 0.889. The number of nitrogens with zero attached hydrogens (tertiary/aromatic N) is 1. The Morgan fingerprint density at radius 2 is 2.05 bits per heavy atom. The standard InChI is InChI=1S/C12H12F3N3O2/c13-12(14,15)7-1-3-8(4-2-7)17-11(19)10-5-9(6-16)20-18-10/h1-4,9H,5-6,16H2,(H,17,19)/t9-/m0/s1. The molecule has 20 heavy (non-hydrogen) atoms. The molecule has 2 rings (SSSR count). The number of rotatable bonds is 3. The van der Waals surface area contributed by atoms with Crippen LogP contribution >= 0.6 is 0 Å². The number of oxime groups is 1. The molecule has 0 aliphatic carbocycles. The first-order valence-corrected chi connectivity index (χ1v) is 5.81. The number of hydrogen-bond acceptors (Lipinski definition) is 4. The molecule has 0 bridgehead atoms. The van der Waals surface area contributed by atoms with Crippen molar-refractivity contribution in [1.29, 1.82) is 0 Å². The van der Waals surface area contributed by atoms with Gasteiger partial charge in [0, 0.05) is 18.7 Å². The monoisotopic (exact) mass is 287 g/mol. The average molecular weight is 287 g/mol. The molecule has 0 spiro atoms. The molecule has 1 aromatic carbocycles. The number of carbonyl (C=O) groups excluding carboxylic acids is 1. The first-order chi connectivity index (χ1) is 9.40. The smallest absolute Gasteiger partial charge is 0.390 e. The van der Waals surface area contributed by atoms with Gasteiger partial charge in [-0.1, -0.05) is 5.16 Å². The zero-order valence-corrected chi connectivity index (χ0v) is 10.3. The molecule has 0 unspecified atom stereocenters. The van der Waals surface area contributed by atoms with E-state index in [2.05, 4.69) is 10.5 Å². The van der Waals surface area contributed by atoms with E-state index >= 15 is 0 Å². The Bertz CT molecular complexity index is 526. The highest BCUT2D eigenvalue weighted by Crippen LogP contribution is 2.29. The van der Waals surface area contributed by atoms with Crippen LogP contribution in [-0.4, -0.2) is 24.3 Å². The molecule has 0 saturated heterocycles. The van der Waals surface area contributed by atoms with Gasteiger partial charge in [-0.2, -0.15) is 13.2 Å². The van der Waals surface area contributed by atoms with Gasteiger partial charge in [0.1, 0.15) is 11.8 Å². The van der Waals surface area contributed by atoms with E-state index in [9.17, 15) is 18.0 Å². The van der Waals surface area contributed by atoms with Crippen molar-refractivity contribution in [2.24, 2.45) is 10.9 Å². The number of anilines is 1. The summed E-state index contributed by atoms with van der Waals surface area (Å²) in [6.45, 7) is 0.237. The summed E-state index contributed by atoms with van der Waals surface area (Å²) >= 11 is 0. The highest BCUT2D eigenvalue weighted by atomic mass is 19.4. The van der Waals surface area contributed by atoms with E-state index in [-0.39, 0.29) is 30.5 Å². The van der Waals surface area contributed by atoms with Gasteiger partial charge >= 0.3 is 6.18 Å². The van der Waals surface area contributed by atoms with E-state index in [0.29, 0.717) is 0 Å². The Morgan fingerprint density at radius 3 is 2.55 bits per heavy atom. The van der Waals surface area contributed by atoms with Crippen molar-refractivity contribution in [3.8, 4) is 0 Å². The predicted molar refractivity (Wildman–Crippen MR) is 66.1 cm³/mol. The molecule has 0 fully saturated rings. The van der Waals surface area contributed by atoms with E-state index in [1.165, 1.54) is 12.1 Å². The molecule has 1 aliphatic rings. The van der Waals surface area contributed by atoms with E-state index in [4.69, 9.17) is 10.6 Å². The van der Waals surface area contributed by atoms with Crippen molar-refractivity contribution >= 4 is 17.3 Å². The molecule has 3 N–H and O–H groups in total. The predicted octanol–water partition coefficient (Wildman–Crippen LogP) is 1.75. The van der Waals surface area contributed by atoms with Gasteiger partial charge in [-0.05, 0) is 24.3 Å². The molecule has 5 nitrogen and oxygen atoms in total. The van der Waals surface area contributed by atoms with E-state index < -0.39 is 17.6 Å². The maximum Gasteiger partial charge on any atom is 0.416 e. The molecule has 1 aliphatic heterocycles. The van der Waals surface area contributed by atoms with Crippen molar-refractivity contribution in [3.05, 3.63) is 29.8 Å². The van der Waals surface area contributed by atoms with Crippen LogP contribution in [0.3, 0.4) is 0 Å². The first-order valence-electron chi connectivity index (χ1n) is 5.81. The molecule has 1 aromatic rings. The fraction of sp³-hybridized carbons (Fsp3) is 0.333. The SMILES string of the molecule is NC[C@@H]1CC(C(=O)Nc2ccc(C(F)(F)F)cc2)=NO1. The normalized spacial score (nSPS) is 18.4. The lowest BCUT2D eigenvalue weighted by atomic mass is 10.1. The first kappa shape index (κ1) is 14.3. The number of amides is 1. The fourth-order valence-corrected chi connectivity index (χ4v) is 1.63. The van der Waals surface area contributed by atoms with Gasteiger partial charge in [0.15, 0.2) is 0 Å². The van der Waals surface area contributed by atoms with Crippen molar-refractivity contribution < 1.29 is 22.8 Å². The molecule has 108 valence electrons. The van der Waals surface area contributed by atoms with Crippen molar-refractivity contribution in [1.82, 2.24) is 0 Å². The molecule has 1 atom stereocenters. The van der Waals surface area contributed by atoms with Crippen LogP contribution in [0.5, 0.6) is 0 Å². The van der Waals surface area contributed by atoms with Crippen molar-refractivity contribution in [2.75, 3.05) is 11.9 Å². The summed E-state index contributed by atoms with van der Waals surface area (Å²) in [5, 5.41) is 6.03. The molecular formula is C12H12F3N3O2. The van der Waals surface area contributed by atoms with Crippen LogP contribution in [0.4, 0.5) is 18.9 Å². The summed E-state index contributed by atoms with van der Waals surface area (Å²) < 4.78 is 37.1. The Balaban J connectivity index is 1.99. The minimum atomic E-state index is -4.40. The van der Waals surface area contributed by atoms with Gasteiger partial charge in [0.25, 0.3) is 5.91 Å². The van der Waals surface area contributed by atoms with Gasteiger partial charge in [-0.15, -0.1) is 0 Å². The number of hydrogen-bond donors (Lipinski definition) is 2. The Kier molecular flexibility index (Phi) is 3.93.